The van der Waals surface area contributed by atoms with Crippen LogP contribution in [-0.2, 0) is 9.53 Å². The molecule has 2 aliphatic rings. The third-order valence-electron chi connectivity index (χ3n) is 5.13. The highest BCUT2D eigenvalue weighted by Crippen LogP contribution is 2.50. The molecule has 0 aromatic rings. The fourth-order valence-corrected chi connectivity index (χ4v) is 3.23. The Morgan fingerprint density at radius 1 is 1.42 bits per heavy atom. The van der Waals surface area contributed by atoms with Crippen molar-refractivity contribution in [1.29, 1.82) is 0 Å². The Morgan fingerprint density at radius 2 is 2.11 bits per heavy atom. The van der Waals surface area contributed by atoms with Crippen molar-refractivity contribution in [3.63, 3.8) is 0 Å². The first-order chi connectivity index (χ1) is 8.86. The Labute approximate surface area is 116 Å². The summed E-state index contributed by atoms with van der Waals surface area (Å²) < 4.78 is 5.66. The number of amides is 1. The number of ether oxygens (including phenoxy) is 1. The molecule has 4 heteroatoms. The summed E-state index contributed by atoms with van der Waals surface area (Å²) in [5, 5.41) is 3.13. The van der Waals surface area contributed by atoms with Crippen molar-refractivity contribution in [2.45, 2.75) is 71.1 Å². The molecule has 2 fully saturated rings. The highest BCUT2D eigenvalue weighted by Gasteiger charge is 2.63. The van der Waals surface area contributed by atoms with Crippen LogP contribution in [-0.4, -0.2) is 30.2 Å². The van der Waals surface area contributed by atoms with Crippen LogP contribution in [0.4, 0.5) is 0 Å². The average molecular weight is 268 g/mol. The van der Waals surface area contributed by atoms with E-state index in [4.69, 9.17) is 10.5 Å². The second kappa shape index (κ2) is 5.06. The lowest BCUT2D eigenvalue weighted by molar-refractivity contribution is -0.170. The molecule has 0 aromatic heterocycles. The summed E-state index contributed by atoms with van der Waals surface area (Å²) in [7, 11) is 0. The van der Waals surface area contributed by atoms with Crippen LogP contribution in [0, 0.1) is 11.3 Å². The summed E-state index contributed by atoms with van der Waals surface area (Å²) in [6, 6.07) is 0.356. The molecule has 0 bridgehead atoms. The van der Waals surface area contributed by atoms with Crippen molar-refractivity contribution >= 4 is 5.91 Å². The first-order valence-corrected chi connectivity index (χ1v) is 7.58. The zero-order valence-electron chi connectivity index (χ0n) is 12.7. The minimum Gasteiger partial charge on any atom is -0.378 e. The van der Waals surface area contributed by atoms with Gasteiger partial charge in [-0.05, 0) is 25.7 Å². The van der Waals surface area contributed by atoms with Gasteiger partial charge in [-0.15, -0.1) is 0 Å². The van der Waals surface area contributed by atoms with Crippen LogP contribution in [0.1, 0.15) is 53.4 Å². The van der Waals surface area contributed by atoms with E-state index in [1.807, 2.05) is 20.8 Å². The average Bonchev–Trinajstić information content (AvgIpc) is 3.07. The topological polar surface area (TPSA) is 64.4 Å². The summed E-state index contributed by atoms with van der Waals surface area (Å²) in [5.41, 5.74) is 5.29. The molecule has 2 rings (SSSR count). The predicted molar refractivity (Wildman–Crippen MR) is 75.7 cm³/mol. The lowest BCUT2D eigenvalue weighted by Crippen LogP contribution is -2.76. The van der Waals surface area contributed by atoms with Gasteiger partial charge in [-0.3, -0.25) is 4.79 Å². The van der Waals surface area contributed by atoms with Gasteiger partial charge in [-0.2, -0.15) is 0 Å². The molecule has 0 aromatic carbocycles. The van der Waals surface area contributed by atoms with Crippen molar-refractivity contribution in [2.75, 3.05) is 6.61 Å². The van der Waals surface area contributed by atoms with Gasteiger partial charge < -0.3 is 15.8 Å². The molecule has 4 nitrogen and oxygen atoms in total. The number of nitrogens with two attached hydrogens (primary N) is 1. The Balaban J connectivity index is 1.89. The summed E-state index contributed by atoms with van der Waals surface area (Å²) in [6.45, 7) is 8.90. The Hall–Kier alpha value is -0.610. The fraction of sp³-hybridized carbons (Fsp3) is 0.933. The Morgan fingerprint density at radius 3 is 2.63 bits per heavy atom. The molecule has 0 spiro atoms. The highest BCUT2D eigenvalue weighted by molar-refractivity contribution is 5.89. The lowest BCUT2D eigenvalue weighted by atomic mass is 9.54. The molecule has 0 aliphatic heterocycles. The molecule has 2 saturated carbocycles. The molecular weight excluding hydrogens is 240 g/mol. The molecular formula is C15H28N2O2. The Kier molecular flexibility index (Phi) is 3.94. The molecule has 110 valence electrons. The number of carbonyl (C=O) groups is 1. The largest absolute Gasteiger partial charge is 0.378 e. The third-order valence-corrected chi connectivity index (χ3v) is 5.13. The van der Waals surface area contributed by atoms with Crippen LogP contribution in [0.3, 0.4) is 0 Å². The summed E-state index contributed by atoms with van der Waals surface area (Å²) in [6.07, 6.45) is 4.23. The molecule has 4 unspecified atom stereocenters. The van der Waals surface area contributed by atoms with Gasteiger partial charge in [-0.1, -0.05) is 27.2 Å². The van der Waals surface area contributed by atoms with E-state index in [2.05, 4.69) is 12.2 Å². The summed E-state index contributed by atoms with van der Waals surface area (Å²) in [5.74, 6) is 0.681. The fourth-order valence-electron chi connectivity index (χ4n) is 3.23. The SMILES string of the molecule is CCCC1CC1NC(=O)C1(N)CC(OCC)C1(C)C. The van der Waals surface area contributed by atoms with E-state index in [1.165, 1.54) is 12.8 Å². The van der Waals surface area contributed by atoms with Crippen molar-refractivity contribution in [2.24, 2.45) is 17.1 Å². The van der Waals surface area contributed by atoms with Crippen LogP contribution in [0.15, 0.2) is 0 Å². The zero-order chi connectivity index (χ0) is 14.3. The number of carbonyl (C=O) groups excluding carboxylic acids is 1. The summed E-state index contributed by atoms with van der Waals surface area (Å²) >= 11 is 0. The molecule has 0 heterocycles. The van der Waals surface area contributed by atoms with Gasteiger partial charge in [-0.25, -0.2) is 0 Å². The van der Waals surface area contributed by atoms with Gasteiger partial charge in [0.15, 0.2) is 0 Å². The van der Waals surface area contributed by atoms with E-state index in [-0.39, 0.29) is 17.4 Å². The van der Waals surface area contributed by atoms with Crippen LogP contribution in [0.25, 0.3) is 0 Å². The van der Waals surface area contributed by atoms with E-state index in [1.54, 1.807) is 0 Å². The first-order valence-electron chi connectivity index (χ1n) is 7.58. The standard InChI is InChI=1S/C15H28N2O2/c1-5-7-10-8-11(10)17-13(18)15(16)9-12(19-6-2)14(15,3)4/h10-12H,5-9,16H2,1-4H3,(H,17,18). The van der Waals surface area contributed by atoms with Crippen molar-refractivity contribution < 1.29 is 9.53 Å². The van der Waals surface area contributed by atoms with Gasteiger partial charge in [0.25, 0.3) is 0 Å². The Bertz CT molecular complexity index is 356. The smallest absolute Gasteiger partial charge is 0.241 e. The van der Waals surface area contributed by atoms with Crippen molar-refractivity contribution in [3.05, 3.63) is 0 Å². The van der Waals surface area contributed by atoms with E-state index in [9.17, 15) is 4.79 Å². The highest BCUT2D eigenvalue weighted by atomic mass is 16.5. The number of hydrogen-bond donors (Lipinski definition) is 2. The van der Waals surface area contributed by atoms with E-state index < -0.39 is 5.54 Å². The number of nitrogens with one attached hydrogen (secondary N) is 1. The molecule has 0 radical (unpaired) electrons. The minimum absolute atomic E-state index is 0.0112. The number of rotatable bonds is 6. The molecule has 3 N–H and O–H groups in total. The third kappa shape index (κ3) is 2.40. The van der Waals surface area contributed by atoms with Crippen LogP contribution in [0.2, 0.25) is 0 Å². The number of hydrogen-bond acceptors (Lipinski definition) is 3. The maximum Gasteiger partial charge on any atom is 0.241 e. The normalized spacial score (nSPS) is 39.5. The van der Waals surface area contributed by atoms with E-state index in [0.29, 0.717) is 25.0 Å². The zero-order valence-corrected chi connectivity index (χ0v) is 12.7. The van der Waals surface area contributed by atoms with Gasteiger partial charge in [0.05, 0.1) is 6.10 Å². The second-order valence-corrected chi connectivity index (χ2v) is 6.71. The van der Waals surface area contributed by atoms with Gasteiger partial charge in [0.1, 0.15) is 5.54 Å². The van der Waals surface area contributed by atoms with Crippen molar-refractivity contribution in [3.8, 4) is 0 Å². The van der Waals surface area contributed by atoms with Crippen LogP contribution >= 0.6 is 0 Å². The second-order valence-electron chi connectivity index (χ2n) is 6.71. The quantitative estimate of drug-likeness (QED) is 0.772. The summed E-state index contributed by atoms with van der Waals surface area (Å²) in [4.78, 5) is 12.4. The maximum atomic E-state index is 12.4. The molecule has 0 saturated heterocycles. The van der Waals surface area contributed by atoms with Crippen LogP contribution < -0.4 is 11.1 Å². The lowest BCUT2D eigenvalue weighted by Gasteiger charge is -2.57. The monoisotopic (exact) mass is 268 g/mol. The molecule has 19 heavy (non-hydrogen) atoms. The molecule has 1 amide bonds. The minimum atomic E-state index is -0.772. The molecule has 4 atom stereocenters. The molecule has 2 aliphatic carbocycles. The van der Waals surface area contributed by atoms with Gasteiger partial charge in [0, 0.05) is 24.5 Å². The van der Waals surface area contributed by atoms with E-state index >= 15 is 0 Å². The van der Waals surface area contributed by atoms with E-state index in [0.717, 1.165) is 6.42 Å². The van der Waals surface area contributed by atoms with Crippen LogP contribution in [0.5, 0.6) is 0 Å². The van der Waals surface area contributed by atoms with Gasteiger partial charge >= 0.3 is 0 Å². The maximum absolute atomic E-state index is 12.4. The first kappa shape index (κ1) is 14.8. The van der Waals surface area contributed by atoms with Gasteiger partial charge in [0.2, 0.25) is 5.91 Å². The predicted octanol–water partition coefficient (Wildman–Crippen LogP) is 1.82. The van der Waals surface area contributed by atoms with Crippen molar-refractivity contribution in [1.82, 2.24) is 5.32 Å².